The van der Waals surface area contributed by atoms with Crippen LogP contribution in [-0.2, 0) is 16.0 Å². The summed E-state index contributed by atoms with van der Waals surface area (Å²) in [7, 11) is 0. The van der Waals surface area contributed by atoms with E-state index in [-0.39, 0.29) is 24.2 Å². The molecule has 0 aliphatic rings. The zero-order chi connectivity index (χ0) is 17.4. The van der Waals surface area contributed by atoms with Gasteiger partial charge in [0.25, 0.3) is 0 Å². The van der Waals surface area contributed by atoms with Crippen molar-refractivity contribution in [3.05, 3.63) is 64.4 Å². The van der Waals surface area contributed by atoms with Gasteiger partial charge in [0.1, 0.15) is 11.8 Å². The number of halogens is 1. The number of carbonyl (C=O) groups is 2. The highest BCUT2D eigenvalue weighted by molar-refractivity contribution is 6.29. The molecular weight excluding hydrogens is 328 g/mol. The van der Waals surface area contributed by atoms with Crippen LogP contribution in [0.3, 0.4) is 0 Å². The van der Waals surface area contributed by atoms with Crippen LogP contribution >= 0.6 is 11.6 Å². The minimum atomic E-state index is -0.492. The Morgan fingerprint density at radius 1 is 1.21 bits per heavy atom. The number of pyridine rings is 1. The topological polar surface area (TPSA) is 68.3 Å². The van der Waals surface area contributed by atoms with Gasteiger partial charge in [-0.2, -0.15) is 0 Å². The molecular formula is C18H19ClN2O3. The van der Waals surface area contributed by atoms with Crippen molar-refractivity contribution in [1.29, 1.82) is 0 Å². The molecule has 24 heavy (non-hydrogen) atoms. The first-order valence-corrected chi connectivity index (χ1v) is 8.03. The third kappa shape index (κ3) is 6.01. The van der Waals surface area contributed by atoms with Gasteiger partial charge in [-0.25, -0.2) is 9.78 Å². The Hall–Kier alpha value is -2.40. The summed E-state index contributed by atoms with van der Waals surface area (Å²) in [5.74, 6) is -0.563. The normalized spacial score (nSPS) is 10.2. The van der Waals surface area contributed by atoms with Crippen molar-refractivity contribution in [3.8, 4) is 0 Å². The average Bonchev–Trinajstić information content (AvgIpc) is 2.58. The van der Waals surface area contributed by atoms with E-state index >= 15 is 0 Å². The third-order valence-electron chi connectivity index (χ3n) is 3.38. The summed E-state index contributed by atoms with van der Waals surface area (Å²) in [4.78, 5) is 27.3. The fourth-order valence-electron chi connectivity index (χ4n) is 2.05. The summed E-state index contributed by atoms with van der Waals surface area (Å²) in [6.07, 6.45) is 2.52. The zero-order valence-corrected chi connectivity index (χ0v) is 14.2. The molecule has 1 aromatic heterocycles. The van der Waals surface area contributed by atoms with Gasteiger partial charge in [0, 0.05) is 12.6 Å². The first kappa shape index (κ1) is 17.9. The maximum atomic E-state index is 11.8. The Morgan fingerprint density at radius 2 is 1.96 bits per heavy atom. The summed E-state index contributed by atoms with van der Waals surface area (Å²) in [5, 5.41) is 2.96. The van der Waals surface area contributed by atoms with Crippen molar-refractivity contribution < 1.29 is 14.3 Å². The van der Waals surface area contributed by atoms with Gasteiger partial charge in [-0.3, -0.25) is 4.79 Å². The SMILES string of the molecule is Cc1ccc(CCC(=O)NCCOC(=O)c2ccnc(Cl)c2)cc1. The molecule has 0 atom stereocenters. The van der Waals surface area contributed by atoms with Crippen molar-refractivity contribution in [2.45, 2.75) is 19.8 Å². The van der Waals surface area contributed by atoms with Crippen LogP contribution in [0.4, 0.5) is 0 Å². The number of hydrogen-bond donors (Lipinski definition) is 1. The number of aryl methyl sites for hydroxylation is 2. The van der Waals surface area contributed by atoms with Crippen molar-refractivity contribution in [3.63, 3.8) is 0 Å². The lowest BCUT2D eigenvalue weighted by atomic mass is 10.1. The maximum Gasteiger partial charge on any atom is 0.338 e. The van der Waals surface area contributed by atoms with Crippen LogP contribution in [-0.4, -0.2) is 30.0 Å². The molecule has 1 heterocycles. The van der Waals surface area contributed by atoms with Gasteiger partial charge >= 0.3 is 5.97 Å². The zero-order valence-electron chi connectivity index (χ0n) is 13.4. The van der Waals surface area contributed by atoms with Crippen molar-refractivity contribution in [2.24, 2.45) is 0 Å². The van der Waals surface area contributed by atoms with Gasteiger partial charge < -0.3 is 10.1 Å². The number of carbonyl (C=O) groups excluding carboxylic acids is 2. The summed E-state index contributed by atoms with van der Waals surface area (Å²) in [6.45, 7) is 2.41. The highest BCUT2D eigenvalue weighted by Crippen LogP contribution is 2.08. The molecule has 0 radical (unpaired) electrons. The predicted molar refractivity (Wildman–Crippen MR) is 92.0 cm³/mol. The molecule has 2 rings (SSSR count). The molecule has 5 nitrogen and oxygen atoms in total. The predicted octanol–water partition coefficient (Wildman–Crippen LogP) is 2.95. The molecule has 126 valence electrons. The first-order chi connectivity index (χ1) is 11.5. The van der Waals surface area contributed by atoms with Gasteiger partial charge in [-0.1, -0.05) is 41.4 Å². The minimum absolute atomic E-state index is 0.0708. The summed E-state index contributed by atoms with van der Waals surface area (Å²) in [5.41, 5.74) is 2.65. The second-order valence-corrected chi connectivity index (χ2v) is 5.73. The van der Waals surface area contributed by atoms with Crippen LogP contribution in [0.1, 0.15) is 27.9 Å². The first-order valence-electron chi connectivity index (χ1n) is 7.65. The molecule has 1 amide bonds. The fraction of sp³-hybridized carbons (Fsp3) is 0.278. The number of benzene rings is 1. The molecule has 1 aromatic carbocycles. The second kappa shape index (κ2) is 9.03. The summed E-state index contributed by atoms with van der Waals surface area (Å²) < 4.78 is 5.07. The number of rotatable bonds is 7. The number of ether oxygens (including phenoxy) is 1. The van der Waals surface area contributed by atoms with Crippen LogP contribution in [0.25, 0.3) is 0 Å². The standard InChI is InChI=1S/C18H19ClN2O3/c1-13-2-4-14(5-3-13)6-7-17(22)21-10-11-24-18(23)15-8-9-20-16(19)12-15/h2-5,8-9,12H,6-7,10-11H2,1H3,(H,21,22). The molecule has 1 N–H and O–H groups in total. The van der Waals surface area contributed by atoms with Crippen molar-refractivity contribution in [1.82, 2.24) is 10.3 Å². The molecule has 0 spiro atoms. The lowest BCUT2D eigenvalue weighted by Gasteiger charge is -2.07. The van der Waals surface area contributed by atoms with Crippen LogP contribution < -0.4 is 5.32 Å². The number of hydrogen-bond acceptors (Lipinski definition) is 4. The lowest BCUT2D eigenvalue weighted by molar-refractivity contribution is -0.121. The summed E-state index contributed by atoms with van der Waals surface area (Å²) in [6, 6.07) is 11.0. The van der Waals surface area contributed by atoms with Crippen LogP contribution in [0.15, 0.2) is 42.6 Å². The number of esters is 1. The molecule has 0 bridgehead atoms. The molecule has 0 aliphatic carbocycles. The van der Waals surface area contributed by atoms with Gasteiger partial charge in [-0.15, -0.1) is 0 Å². The van der Waals surface area contributed by atoms with Crippen LogP contribution in [0.2, 0.25) is 5.15 Å². The van der Waals surface area contributed by atoms with E-state index in [9.17, 15) is 9.59 Å². The third-order valence-corrected chi connectivity index (χ3v) is 3.59. The van der Waals surface area contributed by atoms with Gasteiger partial charge in [0.05, 0.1) is 12.1 Å². The number of nitrogens with one attached hydrogen (secondary N) is 1. The molecule has 0 saturated heterocycles. The molecule has 0 aliphatic heterocycles. The van der Waals surface area contributed by atoms with Gasteiger partial charge in [0.2, 0.25) is 5.91 Å². The van der Waals surface area contributed by atoms with E-state index in [0.29, 0.717) is 18.4 Å². The highest BCUT2D eigenvalue weighted by Gasteiger charge is 2.08. The second-order valence-electron chi connectivity index (χ2n) is 5.34. The molecule has 6 heteroatoms. The van der Waals surface area contributed by atoms with E-state index in [2.05, 4.69) is 10.3 Å². The summed E-state index contributed by atoms with van der Waals surface area (Å²) >= 11 is 5.71. The minimum Gasteiger partial charge on any atom is -0.460 e. The Morgan fingerprint density at radius 3 is 2.67 bits per heavy atom. The average molecular weight is 347 g/mol. The monoisotopic (exact) mass is 346 g/mol. The van der Waals surface area contributed by atoms with Crippen molar-refractivity contribution in [2.75, 3.05) is 13.2 Å². The Bertz CT molecular complexity index is 702. The van der Waals surface area contributed by atoms with Crippen LogP contribution in [0, 0.1) is 6.92 Å². The van der Waals surface area contributed by atoms with Crippen LogP contribution in [0.5, 0.6) is 0 Å². The maximum absolute atomic E-state index is 11.8. The Balaban J connectivity index is 1.64. The van der Waals surface area contributed by atoms with Crippen molar-refractivity contribution >= 4 is 23.5 Å². The number of amides is 1. The largest absolute Gasteiger partial charge is 0.460 e. The molecule has 2 aromatic rings. The lowest BCUT2D eigenvalue weighted by Crippen LogP contribution is -2.28. The van der Waals surface area contributed by atoms with E-state index < -0.39 is 5.97 Å². The number of aromatic nitrogens is 1. The smallest absolute Gasteiger partial charge is 0.338 e. The van der Waals surface area contributed by atoms with E-state index in [1.165, 1.54) is 23.9 Å². The Labute approximate surface area is 146 Å². The van der Waals surface area contributed by atoms with E-state index in [0.717, 1.165) is 5.56 Å². The Kier molecular flexibility index (Phi) is 6.75. The van der Waals surface area contributed by atoms with E-state index in [1.54, 1.807) is 0 Å². The quantitative estimate of drug-likeness (QED) is 0.475. The number of nitrogens with zero attached hydrogens (tertiary/aromatic N) is 1. The van der Waals surface area contributed by atoms with Gasteiger partial charge in [-0.05, 0) is 31.0 Å². The fourth-order valence-corrected chi connectivity index (χ4v) is 2.22. The molecule has 0 fully saturated rings. The van der Waals surface area contributed by atoms with E-state index in [1.807, 2.05) is 31.2 Å². The molecule has 0 saturated carbocycles. The highest BCUT2D eigenvalue weighted by atomic mass is 35.5. The van der Waals surface area contributed by atoms with Gasteiger partial charge in [0.15, 0.2) is 0 Å². The van der Waals surface area contributed by atoms with E-state index in [4.69, 9.17) is 16.3 Å². The molecule has 0 unspecified atom stereocenters.